The molecule has 0 unspecified atom stereocenters. The second-order valence-electron chi connectivity index (χ2n) is 4.17. The van der Waals surface area contributed by atoms with E-state index in [0.717, 1.165) is 12.1 Å². The minimum absolute atomic E-state index is 0. The molecule has 1 aromatic rings. The number of halogens is 1. The van der Waals surface area contributed by atoms with Gasteiger partial charge in [0, 0.05) is 30.5 Å². The lowest BCUT2D eigenvalue weighted by Crippen LogP contribution is -2.30. The van der Waals surface area contributed by atoms with Gasteiger partial charge in [0.2, 0.25) is 5.95 Å². The molecule has 90 valence electrons. The third kappa shape index (κ3) is 3.94. The molecule has 1 aliphatic carbocycles. The topological polar surface area (TPSA) is 63.8 Å². The van der Waals surface area contributed by atoms with Crippen LogP contribution in [-0.2, 0) is 6.54 Å². The Labute approximate surface area is 102 Å². The Balaban J connectivity index is 0.00000128. The molecule has 0 aromatic carbocycles. The first kappa shape index (κ1) is 13.2. The number of nitrogens with one attached hydrogen (secondary N) is 1. The Bertz CT molecular complexity index is 295. The van der Waals surface area contributed by atoms with E-state index in [0.29, 0.717) is 12.0 Å². The number of nitrogens with two attached hydrogens (primary N) is 1. The van der Waals surface area contributed by atoms with Gasteiger partial charge in [-0.15, -0.1) is 12.4 Å². The minimum Gasteiger partial charge on any atom is -0.368 e. The Morgan fingerprint density at radius 3 is 2.44 bits per heavy atom. The van der Waals surface area contributed by atoms with E-state index < -0.39 is 0 Å². The monoisotopic (exact) mass is 242 g/mol. The Morgan fingerprint density at radius 1 is 1.19 bits per heavy atom. The van der Waals surface area contributed by atoms with Crippen LogP contribution >= 0.6 is 12.4 Å². The number of rotatable bonds is 3. The van der Waals surface area contributed by atoms with Crippen LogP contribution in [0.25, 0.3) is 0 Å². The second-order valence-corrected chi connectivity index (χ2v) is 4.17. The van der Waals surface area contributed by atoms with Crippen molar-refractivity contribution in [2.24, 2.45) is 0 Å². The summed E-state index contributed by atoms with van der Waals surface area (Å²) < 4.78 is 0. The highest BCUT2D eigenvalue weighted by Gasteiger charge is 2.12. The van der Waals surface area contributed by atoms with E-state index in [1.807, 2.05) is 0 Å². The smallest absolute Gasteiger partial charge is 0.219 e. The second kappa shape index (κ2) is 6.66. The predicted octanol–water partition coefficient (Wildman–Crippen LogP) is 1.90. The molecule has 0 amide bonds. The summed E-state index contributed by atoms with van der Waals surface area (Å²) in [6.45, 7) is 0.852. The summed E-state index contributed by atoms with van der Waals surface area (Å²) in [6.07, 6.45) is 10.3. The number of hydrogen-bond acceptors (Lipinski definition) is 4. The van der Waals surface area contributed by atoms with Crippen molar-refractivity contribution < 1.29 is 0 Å². The normalized spacial score (nSPS) is 16.8. The number of nitrogen functional groups attached to an aromatic ring is 1. The molecule has 1 heterocycles. The maximum absolute atomic E-state index is 5.42. The largest absolute Gasteiger partial charge is 0.368 e. The first-order valence-corrected chi connectivity index (χ1v) is 5.64. The summed E-state index contributed by atoms with van der Waals surface area (Å²) in [7, 11) is 0. The van der Waals surface area contributed by atoms with Gasteiger partial charge in [0.25, 0.3) is 0 Å². The van der Waals surface area contributed by atoms with Crippen LogP contribution in [0.2, 0.25) is 0 Å². The first-order chi connectivity index (χ1) is 7.34. The number of aromatic nitrogens is 2. The van der Waals surface area contributed by atoms with Gasteiger partial charge in [-0.05, 0) is 12.8 Å². The lowest BCUT2D eigenvalue weighted by molar-refractivity contribution is 0.372. The molecular weight excluding hydrogens is 224 g/mol. The molecular formula is C11H19ClN4. The molecule has 0 spiro atoms. The number of anilines is 1. The van der Waals surface area contributed by atoms with Gasteiger partial charge >= 0.3 is 0 Å². The van der Waals surface area contributed by atoms with Gasteiger partial charge in [-0.25, -0.2) is 9.97 Å². The highest BCUT2D eigenvalue weighted by atomic mass is 35.5. The van der Waals surface area contributed by atoms with E-state index in [9.17, 15) is 0 Å². The van der Waals surface area contributed by atoms with Gasteiger partial charge in [-0.3, -0.25) is 0 Å². The average Bonchev–Trinajstić information content (AvgIpc) is 2.30. The van der Waals surface area contributed by atoms with Gasteiger partial charge in [-0.2, -0.15) is 0 Å². The Kier molecular flexibility index (Phi) is 5.49. The Morgan fingerprint density at radius 2 is 1.81 bits per heavy atom. The maximum atomic E-state index is 5.42. The van der Waals surface area contributed by atoms with Crippen LogP contribution < -0.4 is 11.1 Å². The summed E-state index contributed by atoms with van der Waals surface area (Å²) in [5, 5.41) is 3.54. The highest BCUT2D eigenvalue weighted by molar-refractivity contribution is 5.85. The van der Waals surface area contributed by atoms with Crippen LogP contribution in [-0.4, -0.2) is 16.0 Å². The summed E-state index contributed by atoms with van der Waals surface area (Å²) >= 11 is 0. The molecule has 1 fully saturated rings. The summed E-state index contributed by atoms with van der Waals surface area (Å²) in [6, 6.07) is 0.677. The molecule has 1 aliphatic rings. The molecule has 0 saturated heterocycles. The molecule has 2 rings (SSSR count). The van der Waals surface area contributed by atoms with Gasteiger partial charge in [0.05, 0.1) is 0 Å². The van der Waals surface area contributed by atoms with Crippen molar-refractivity contribution in [3.05, 3.63) is 18.0 Å². The van der Waals surface area contributed by atoms with Crippen molar-refractivity contribution in [3.63, 3.8) is 0 Å². The molecule has 0 radical (unpaired) electrons. The Hall–Kier alpha value is -0.870. The summed E-state index contributed by atoms with van der Waals surface area (Å²) in [5.41, 5.74) is 6.53. The molecule has 0 bridgehead atoms. The molecule has 3 N–H and O–H groups in total. The van der Waals surface area contributed by atoms with Crippen LogP contribution in [0, 0.1) is 0 Å². The van der Waals surface area contributed by atoms with Crippen LogP contribution in [0.1, 0.15) is 37.7 Å². The zero-order chi connectivity index (χ0) is 10.5. The molecule has 1 saturated carbocycles. The molecule has 4 nitrogen and oxygen atoms in total. The quantitative estimate of drug-likeness (QED) is 0.850. The predicted molar refractivity (Wildman–Crippen MR) is 67.4 cm³/mol. The van der Waals surface area contributed by atoms with Gasteiger partial charge in [0.15, 0.2) is 0 Å². The third-order valence-corrected chi connectivity index (χ3v) is 2.93. The first-order valence-electron chi connectivity index (χ1n) is 5.64. The maximum Gasteiger partial charge on any atom is 0.219 e. The van der Waals surface area contributed by atoms with E-state index in [-0.39, 0.29) is 12.4 Å². The fourth-order valence-electron chi connectivity index (χ4n) is 2.02. The van der Waals surface area contributed by atoms with Crippen molar-refractivity contribution in [2.45, 2.75) is 44.7 Å². The molecule has 0 aliphatic heterocycles. The summed E-state index contributed by atoms with van der Waals surface area (Å²) in [5.74, 6) is 0.344. The SMILES string of the molecule is Cl.Nc1ncc(CNC2CCCCC2)cn1. The number of hydrogen-bond donors (Lipinski definition) is 2. The number of nitrogens with zero attached hydrogens (tertiary/aromatic N) is 2. The van der Waals surface area contributed by atoms with E-state index >= 15 is 0 Å². The fourth-order valence-corrected chi connectivity index (χ4v) is 2.02. The third-order valence-electron chi connectivity index (χ3n) is 2.93. The van der Waals surface area contributed by atoms with Crippen molar-refractivity contribution in [1.82, 2.24) is 15.3 Å². The molecule has 0 atom stereocenters. The van der Waals surface area contributed by atoms with Crippen LogP contribution in [0.15, 0.2) is 12.4 Å². The lowest BCUT2D eigenvalue weighted by Gasteiger charge is -2.22. The minimum atomic E-state index is 0. The fraction of sp³-hybridized carbons (Fsp3) is 0.636. The van der Waals surface area contributed by atoms with E-state index in [1.165, 1.54) is 32.1 Å². The van der Waals surface area contributed by atoms with E-state index in [1.54, 1.807) is 12.4 Å². The van der Waals surface area contributed by atoms with Crippen molar-refractivity contribution in [3.8, 4) is 0 Å². The zero-order valence-electron chi connectivity index (χ0n) is 9.35. The van der Waals surface area contributed by atoms with Gasteiger partial charge in [0.1, 0.15) is 0 Å². The van der Waals surface area contributed by atoms with Crippen molar-refractivity contribution >= 4 is 18.4 Å². The average molecular weight is 243 g/mol. The van der Waals surface area contributed by atoms with Crippen molar-refractivity contribution in [1.29, 1.82) is 0 Å². The molecule has 5 heteroatoms. The van der Waals surface area contributed by atoms with E-state index in [4.69, 9.17) is 5.73 Å². The summed E-state index contributed by atoms with van der Waals surface area (Å²) in [4.78, 5) is 7.94. The lowest BCUT2D eigenvalue weighted by atomic mass is 9.95. The van der Waals surface area contributed by atoms with Crippen LogP contribution in [0.3, 0.4) is 0 Å². The van der Waals surface area contributed by atoms with Gasteiger partial charge < -0.3 is 11.1 Å². The zero-order valence-corrected chi connectivity index (χ0v) is 10.2. The van der Waals surface area contributed by atoms with Crippen LogP contribution in [0.4, 0.5) is 5.95 Å². The highest BCUT2D eigenvalue weighted by Crippen LogP contribution is 2.17. The van der Waals surface area contributed by atoms with Gasteiger partial charge in [-0.1, -0.05) is 19.3 Å². The van der Waals surface area contributed by atoms with Crippen molar-refractivity contribution in [2.75, 3.05) is 5.73 Å². The molecule has 16 heavy (non-hydrogen) atoms. The van der Waals surface area contributed by atoms with E-state index in [2.05, 4.69) is 15.3 Å². The van der Waals surface area contributed by atoms with Crippen LogP contribution in [0.5, 0.6) is 0 Å². The standard InChI is InChI=1S/C11H18N4.ClH/c12-11-14-7-9(8-15-11)6-13-10-4-2-1-3-5-10;/h7-8,10,13H,1-6H2,(H2,12,14,15);1H. The molecule has 1 aromatic heterocycles.